The number of carbonyl (C=O) groups excluding carboxylic acids is 1. The second-order valence-electron chi connectivity index (χ2n) is 7.35. The van der Waals surface area contributed by atoms with Crippen molar-refractivity contribution in [2.24, 2.45) is 11.8 Å². The van der Waals surface area contributed by atoms with Gasteiger partial charge < -0.3 is 9.80 Å². The van der Waals surface area contributed by atoms with Crippen LogP contribution in [0.2, 0.25) is 0 Å². The number of rotatable bonds is 4. The highest BCUT2D eigenvalue weighted by molar-refractivity contribution is 5.78. The first kappa shape index (κ1) is 16.8. The van der Waals surface area contributed by atoms with Gasteiger partial charge in [0.25, 0.3) is 0 Å². The number of amides is 1. The Kier molecular flexibility index (Phi) is 6.06. The van der Waals surface area contributed by atoms with E-state index in [1.54, 1.807) is 0 Å². The smallest absolute Gasteiger partial charge is 0.225 e. The molecular formula is C17H33N3O. The summed E-state index contributed by atoms with van der Waals surface area (Å²) in [7, 11) is 0. The number of likely N-dealkylation sites (tertiary alicyclic amines) is 1. The van der Waals surface area contributed by atoms with Crippen molar-refractivity contribution in [1.82, 2.24) is 14.7 Å². The quantitative estimate of drug-likeness (QED) is 0.793. The van der Waals surface area contributed by atoms with Crippen molar-refractivity contribution in [3.63, 3.8) is 0 Å². The van der Waals surface area contributed by atoms with Crippen LogP contribution >= 0.6 is 0 Å². The van der Waals surface area contributed by atoms with Gasteiger partial charge >= 0.3 is 0 Å². The van der Waals surface area contributed by atoms with E-state index in [4.69, 9.17) is 0 Å². The molecule has 2 aliphatic heterocycles. The van der Waals surface area contributed by atoms with E-state index in [0.717, 1.165) is 19.0 Å². The van der Waals surface area contributed by atoms with Gasteiger partial charge in [-0.05, 0) is 32.6 Å². The minimum Gasteiger partial charge on any atom is -0.342 e. The van der Waals surface area contributed by atoms with Crippen LogP contribution < -0.4 is 0 Å². The zero-order valence-electron chi connectivity index (χ0n) is 14.3. The Morgan fingerprint density at radius 3 is 2.00 bits per heavy atom. The van der Waals surface area contributed by atoms with Gasteiger partial charge in [0.15, 0.2) is 0 Å². The molecule has 0 aromatic rings. The second-order valence-corrected chi connectivity index (χ2v) is 7.35. The van der Waals surface area contributed by atoms with E-state index in [0.29, 0.717) is 11.9 Å². The molecule has 21 heavy (non-hydrogen) atoms. The van der Waals surface area contributed by atoms with Gasteiger partial charge in [0.2, 0.25) is 5.91 Å². The fourth-order valence-electron chi connectivity index (χ4n) is 3.53. The summed E-state index contributed by atoms with van der Waals surface area (Å²) < 4.78 is 0. The maximum atomic E-state index is 12.0. The van der Waals surface area contributed by atoms with Crippen molar-refractivity contribution in [3.8, 4) is 0 Å². The molecule has 4 heteroatoms. The Morgan fingerprint density at radius 2 is 1.52 bits per heavy atom. The molecule has 0 bridgehead atoms. The lowest BCUT2D eigenvalue weighted by Crippen LogP contribution is -2.51. The maximum absolute atomic E-state index is 12.0. The van der Waals surface area contributed by atoms with E-state index in [1.807, 2.05) is 13.8 Å². The van der Waals surface area contributed by atoms with E-state index in [1.165, 1.54) is 45.6 Å². The van der Waals surface area contributed by atoms with Crippen LogP contribution in [-0.4, -0.2) is 72.5 Å². The van der Waals surface area contributed by atoms with Gasteiger partial charge in [-0.2, -0.15) is 0 Å². The molecule has 4 nitrogen and oxygen atoms in total. The number of nitrogens with zero attached hydrogens (tertiary/aromatic N) is 3. The highest BCUT2D eigenvalue weighted by Crippen LogP contribution is 2.20. The molecule has 0 aliphatic carbocycles. The minimum absolute atomic E-state index is 0.144. The van der Waals surface area contributed by atoms with Crippen LogP contribution in [0, 0.1) is 11.8 Å². The van der Waals surface area contributed by atoms with Crippen molar-refractivity contribution in [2.45, 2.75) is 46.6 Å². The molecule has 2 heterocycles. The topological polar surface area (TPSA) is 26.8 Å². The molecule has 0 N–H and O–H groups in total. The predicted molar refractivity (Wildman–Crippen MR) is 87.3 cm³/mol. The molecule has 0 aromatic carbocycles. The average Bonchev–Trinajstić information content (AvgIpc) is 2.47. The van der Waals surface area contributed by atoms with Gasteiger partial charge in [-0.25, -0.2) is 0 Å². The molecule has 0 atom stereocenters. The average molecular weight is 295 g/mol. The minimum atomic E-state index is 0.144. The molecule has 1 amide bonds. The van der Waals surface area contributed by atoms with E-state index in [9.17, 15) is 4.79 Å². The number of hydrogen-bond donors (Lipinski definition) is 0. The van der Waals surface area contributed by atoms with E-state index >= 15 is 0 Å². The van der Waals surface area contributed by atoms with Gasteiger partial charge in [0, 0.05) is 57.8 Å². The SMILES string of the molecule is CC(C)C(=O)N1CCC(CN2CCN(C(C)C)CC2)CC1. The molecule has 2 rings (SSSR count). The van der Waals surface area contributed by atoms with Gasteiger partial charge in [0.1, 0.15) is 0 Å². The van der Waals surface area contributed by atoms with Crippen LogP contribution in [0.1, 0.15) is 40.5 Å². The lowest BCUT2D eigenvalue weighted by Gasteiger charge is -2.40. The van der Waals surface area contributed by atoms with Gasteiger partial charge in [-0.3, -0.25) is 9.69 Å². The van der Waals surface area contributed by atoms with Crippen molar-refractivity contribution >= 4 is 5.91 Å². The molecule has 0 spiro atoms. The fraction of sp³-hybridized carbons (Fsp3) is 0.941. The number of hydrogen-bond acceptors (Lipinski definition) is 3. The molecule has 2 aliphatic rings. The molecule has 122 valence electrons. The maximum Gasteiger partial charge on any atom is 0.225 e. The lowest BCUT2D eigenvalue weighted by molar-refractivity contribution is -0.135. The third kappa shape index (κ3) is 4.68. The first-order chi connectivity index (χ1) is 9.97. The van der Waals surface area contributed by atoms with Crippen LogP contribution in [0.4, 0.5) is 0 Å². The van der Waals surface area contributed by atoms with Crippen LogP contribution in [-0.2, 0) is 4.79 Å². The third-order valence-electron chi connectivity index (χ3n) is 5.07. The summed E-state index contributed by atoms with van der Waals surface area (Å²) in [6, 6.07) is 0.678. The van der Waals surface area contributed by atoms with Crippen molar-refractivity contribution in [1.29, 1.82) is 0 Å². The summed E-state index contributed by atoms with van der Waals surface area (Å²) in [4.78, 5) is 19.3. The number of piperazine rings is 1. The fourth-order valence-corrected chi connectivity index (χ4v) is 3.53. The molecule has 0 radical (unpaired) electrons. The number of carbonyl (C=O) groups is 1. The largest absolute Gasteiger partial charge is 0.342 e. The third-order valence-corrected chi connectivity index (χ3v) is 5.07. The van der Waals surface area contributed by atoms with Crippen LogP contribution in [0.5, 0.6) is 0 Å². The predicted octanol–water partition coefficient (Wildman–Crippen LogP) is 1.91. The summed E-state index contributed by atoms with van der Waals surface area (Å²) in [5, 5.41) is 0. The van der Waals surface area contributed by atoms with E-state index in [2.05, 4.69) is 28.5 Å². The Hall–Kier alpha value is -0.610. The highest BCUT2D eigenvalue weighted by Gasteiger charge is 2.26. The van der Waals surface area contributed by atoms with Crippen molar-refractivity contribution < 1.29 is 4.79 Å². The van der Waals surface area contributed by atoms with Crippen LogP contribution in [0.25, 0.3) is 0 Å². The summed E-state index contributed by atoms with van der Waals surface area (Å²) in [5.41, 5.74) is 0. The van der Waals surface area contributed by atoms with E-state index < -0.39 is 0 Å². The second kappa shape index (κ2) is 7.59. The summed E-state index contributed by atoms with van der Waals surface area (Å²) in [6.45, 7) is 16.6. The van der Waals surface area contributed by atoms with Gasteiger partial charge in [-0.15, -0.1) is 0 Å². The number of piperidine rings is 1. The molecule has 2 saturated heterocycles. The Balaban J connectivity index is 1.69. The summed E-state index contributed by atoms with van der Waals surface area (Å²) in [6.07, 6.45) is 2.37. The first-order valence-corrected chi connectivity index (χ1v) is 8.72. The molecule has 2 fully saturated rings. The summed E-state index contributed by atoms with van der Waals surface area (Å²) in [5.74, 6) is 1.26. The lowest BCUT2D eigenvalue weighted by atomic mass is 9.95. The normalized spacial score (nSPS) is 23.2. The Labute approximate surface area is 130 Å². The Morgan fingerprint density at radius 1 is 0.952 bits per heavy atom. The molecule has 0 saturated carbocycles. The van der Waals surface area contributed by atoms with Crippen molar-refractivity contribution in [2.75, 3.05) is 45.8 Å². The van der Waals surface area contributed by atoms with Crippen molar-refractivity contribution in [3.05, 3.63) is 0 Å². The van der Waals surface area contributed by atoms with Gasteiger partial charge in [0.05, 0.1) is 0 Å². The van der Waals surface area contributed by atoms with Crippen LogP contribution in [0.15, 0.2) is 0 Å². The summed E-state index contributed by atoms with van der Waals surface area (Å²) >= 11 is 0. The highest BCUT2D eigenvalue weighted by atomic mass is 16.2. The zero-order chi connectivity index (χ0) is 15.4. The van der Waals surface area contributed by atoms with E-state index in [-0.39, 0.29) is 5.92 Å². The van der Waals surface area contributed by atoms with Gasteiger partial charge in [-0.1, -0.05) is 13.8 Å². The first-order valence-electron chi connectivity index (χ1n) is 8.72. The molecule has 0 aromatic heterocycles. The zero-order valence-corrected chi connectivity index (χ0v) is 14.3. The standard InChI is InChI=1S/C17H33N3O/c1-14(2)17(21)20-7-5-16(6-8-20)13-18-9-11-19(12-10-18)15(3)4/h14-16H,5-13H2,1-4H3. The molecule has 0 unspecified atom stereocenters. The molecular weight excluding hydrogens is 262 g/mol. The van der Waals surface area contributed by atoms with Crippen LogP contribution in [0.3, 0.4) is 0 Å². The Bertz CT molecular complexity index is 327. The monoisotopic (exact) mass is 295 g/mol.